The van der Waals surface area contributed by atoms with Crippen molar-refractivity contribution in [2.24, 2.45) is 0 Å². The van der Waals surface area contributed by atoms with Gasteiger partial charge in [0, 0.05) is 35.5 Å². The topological polar surface area (TPSA) is 80.5 Å². The molecular weight excluding hydrogens is 396 g/mol. The Morgan fingerprint density at radius 2 is 2.19 bits per heavy atom. The molecule has 1 aromatic heterocycles. The molecule has 1 aliphatic heterocycles. The van der Waals surface area contributed by atoms with Crippen molar-refractivity contribution in [3.05, 3.63) is 34.3 Å². The standard InChI is InChI=1S/C19H25BrN4O2/c1-19(2,3)26-18(25)22-14-6-7-24(11-14)10-12-8-17(21)23-16-9-13(20)4-5-15(12)16/h4-5,8-9,14H,6-7,10-11H2,1-3H3,(H2,21,23)(H,22,25). The van der Waals surface area contributed by atoms with Crippen molar-refractivity contribution in [3.8, 4) is 0 Å². The summed E-state index contributed by atoms with van der Waals surface area (Å²) in [5.41, 5.74) is 7.54. The van der Waals surface area contributed by atoms with E-state index in [2.05, 4.69) is 37.2 Å². The Hall–Kier alpha value is -1.86. The lowest BCUT2D eigenvalue weighted by Crippen LogP contribution is -2.40. The van der Waals surface area contributed by atoms with Crippen LogP contribution in [0.2, 0.25) is 0 Å². The van der Waals surface area contributed by atoms with Gasteiger partial charge >= 0.3 is 6.09 Å². The Labute approximate surface area is 162 Å². The number of pyridine rings is 1. The lowest BCUT2D eigenvalue weighted by Gasteiger charge is -2.22. The van der Waals surface area contributed by atoms with E-state index in [1.807, 2.05) is 39.0 Å². The molecule has 1 fully saturated rings. The first kappa shape index (κ1) is 18.9. The van der Waals surface area contributed by atoms with E-state index in [0.29, 0.717) is 5.82 Å². The van der Waals surface area contributed by atoms with Crippen molar-refractivity contribution < 1.29 is 9.53 Å². The molecule has 0 spiro atoms. The van der Waals surface area contributed by atoms with Gasteiger partial charge in [0.25, 0.3) is 0 Å². The van der Waals surface area contributed by atoms with Gasteiger partial charge < -0.3 is 15.8 Å². The van der Waals surface area contributed by atoms with Crippen molar-refractivity contribution in [2.45, 2.75) is 45.4 Å². The number of likely N-dealkylation sites (tertiary alicyclic amines) is 1. The van der Waals surface area contributed by atoms with E-state index >= 15 is 0 Å². The molecule has 2 heterocycles. The van der Waals surface area contributed by atoms with Gasteiger partial charge in [0.2, 0.25) is 0 Å². The second-order valence-electron chi connectivity index (χ2n) is 7.73. The van der Waals surface area contributed by atoms with Crippen LogP contribution in [-0.2, 0) is 11.3 Å². The molecule has 0 bridgehead atoms. The number of carbonyl (C=O) groups excluding carboxylic acids is 1. The van der Waals surface area contributed by atoms with Crippen molar-refractivity contribution in [1.29, 1.82) is 0 Å². The van der Waals surface area contributed by atoms with Crippen LogP contribution in [0, 0.1) is 0 Å². The van der Waals surface area contributed by atoms with Gasteiger partial charge in [-0.1, -0.05) is 22.0 Å². The maximum Gasteiger partial charge on any atom is 0.407 e. The van der Waals surface area contributed by atoms with Crippen LogP contribution in [0.25, 0.3) is 10.9 Å². The molecule has 0 radical (unpaired) electrons. The lowest BCUT2D eigenvalue weighted by molar-refractivity contribution is 0.0506. The summed E-state index contributed by atoms with van der Waals surface area (Å²) in [4.78, 5) is 18.7. The molecule has 140 valence electrons. The number of carbonyl (C=O) groups is 1. The van der Waals surface area contributed by atoms with Gasteiger partial charge in [0.05, 0.1) is 5.52 Å². The zero-order chi connectivity index (χ0) is 18.9. The van der Waals surface area contributed by atoms with Crippen molar-refractivity contribution in [1.82, 2.24) is 15.2 Å². The number of aromatic nitrogens is 1. The van der Waals surface area contributed by atoms with E-state index in [0.717, 1.165) is 47.0 Å². The molecule has 6 nitrogen and oxygen atoms in total. The minimum atomic E-state index is -0.482. The molecule has 3 N–H and O–H groups in total. The van der Waals surface area contributed by atoms with Crippen LogP contribution in [0.3, 0.4) is 0 Å². The fourth-order valence-electron chi connectivity index (χ4n) is 3.24. The molecule has 0 saturated carbocycles. The number of halogens is 1. The van der Waals surface area contributed by atoms with Gasteiger partial charge in [-0.05, 0) is 51.0 Å². The van der Waals surface area contributed by atoms with Crippen molar-refractivity contribution in [2.75, 3.05) is 18.8 Å². The molecule has 1 atom stereocenters. The molecule has 0 aliphatic carbocycles. The number of amides is 1. The van der Waals surface area contributed by atoms with E-state index in [1.165, 1.54) is 0 Å². The molecule has 3 rings (SSSR count). The average molecular weight is 421 g/mol. The largest absolute Gasteiger partial charge is 0.444 e. The zero-order valence-electron chi connectivity index (χ0n) is 15.4. The third-order valence-electron chi connectivity index (χ3n) is 4.26. The van der Waals surface area contributed by atoms with Gasteiger partial charge in [0.1, 0.15) is 11.4 Å². The number of nitrogens with one attached hydrogen (secondary N) is 1. The number of alkyl carbamates (subject to hydrolysis) is 1. The Morgan fingerprint density at radius 3 is 2.92 bits per heavy atom. The van der Waals surface area contributed by atoms with Crippen LogP contribution in [0.1, 0.15) is 32.8 Å². The number of nitrogens with zero attached hydrogens (tertiary/aromatic N) is 2. The van der Waals surface area contributed by atoms with Crippen LogP contribution in [0.4, 0.5) is 10.6 Å². The third kappa shape index (κ3) is 4.86. The zero-order valence-corrected chi connectivity index (χ0v) is 17.0. The first-order valence-electron chi connectivity index (χ1n) is 8.76. The number of anilines is 1. The summed E-state index contributed by atoms with van der Waals surface area (Å²) in [7, 11) is 0. The molecule has 7 heteroatoms. The van der Waals surface area contributed by atoms with Crippen molar-refractivity contribution in [3.63, 3.8) is 0 Å². The van der Waals surface area contributed by atoms with Gasteiger partial charge in [-0.2, -0.15) is 0 Å². The van der Waals surface area contributed by atoms with Crippen LogP contribution in [0.15, 0.2) is 28.7 Å². The molecule has 1 amide bonds. The second-order valence-corrected chi connectivity index (χ2v) is 8.65. The number of nitrogen functional groups attached to an aromatic ring is 1. The Morgan fingerprint density at radius 1 is 1.42 bits per heavy atom. The molecule has 2 aromatic rings. The maximum absolute atomic E-state index is 11.9. The summed E-state index contributed by atoms with van der Waals surface area (Å²) in [5.74, 6) is 0.522. The van der Waals surface area contributed by atoms with Gasteiger partial charge in [-0.15, -0.1) is 0 Å². The number of benzene rings is 1. The minimum absolute atomic E-state index is 0.101. The van der Waals surface area contributed by atoms with E-state index in [-0.39, 0.29) is 12.1 Å². The normalized spacial score (nSPS) is 18.2. The predicted molar refractivity (Wildman–Crippen MR) is 107 cm³/mol. The highest BCUT2D eigenvalue weighted by molar-refractivity contribution is 9.10. The maximum atomic E-state index is 11.9. The number of hydrogen-bond donors (Lipinski definition) is 2. The fourth-order valence-corrected chi connectivity index (χ4v) is 3.59. The number of hydrogen-bond acceptors (Lipinski definition) is 5. The first-order chi connectivity index (χ1) is 12.2. The SMILES string of the molecule is CC(C)(C)OC(=O)NC1CCN(Cc2cc(N)nc3cc(Br)ccc23)C1. The third-order valence-corrected chi connectivity index (χ3v) is 4.76. The number of nitrogens with two attached hydrogens (primary N) is 1. The first-order valence-corrected chi connectivity index (χ1v) is 9.55. The molecule has 1 unspecified atom stereocenters. The molecular formula is C19H25BrN4O2. The Balaban J connectivity index is 1.66. The van der Waals surface area contributed by atoms with Crippen LogP contribution >= 0.6 is 15.9 Å². The number of rotatable bonds is 3. The van der Waals surface area contributed by atoms with E-state index in [9.17, 15) is 4.79 Å². The second kappa shape index (κ2) is 7.40. The highest BCUT2D eigenvalue weighted by Crippen LogP contribution is 2.25. The van der Waals surface area contributed by atoms with Crippen LogP contribution in [-0.4, -0.2) is 40.7 Å². The molecule has 1 aliphatic rings. The molecule has 1 saturated heterocycles. The number of fused-ring (bicyclic) bond motifs is 1. The van der Waals surface area contributed by atoms with E-state index in [4.69, 9.17) is 10.5 Å². The van der Waals surface area contributed by atoms with Crippen LogP contribution in [0.5, 0.6) is 0 Å². The Bertz CT molecular complexity index is 814. The quantitative estimate of drug-likeness (QED) is 0.791. The summed E-state index contributed by atoms with van der Waals surface area (Å²) in [5, 5.41) is 4.06. The highest BCUT2D eigenvalue weighted by atomic mass is 79.9. The average Bonchev–Trinajstić information content (AvgIpc) is 2.91. The summed E-state index contributed by atoms with van der Waals surface area (Å²) in [6.07, 6.45) is 0.552. The van der Waals surface area contributed by atoms with Gasteiger partial charge in [-0.3, -0.25) is 4.90 Å². The van der Waals surface area contributed by atoms with Crippen molar-refractivity contribution >= 4 is 38.7 Å². The highest BCUT2D eigenvalue weighted by Gasteiger charge is 2.26. The van der Waals surface area contributed by atoms with Crippen LogP contribution < -0.4 is 11.1 Å². The summed E-state index contributed by atoms with van der Waals surface area (Å²) in [6.45, 7) is 8.08. The van der Waals surface area contributed by atoms with Gasteiger partial charge in [-0.25, -0.2) is 9.78 Å². The summed E-state index contributed by atoms with van der Waals surface area (Å²) >= 11 is 3.48. The predicted octanol–water partition coefficient (Wildman–Crippen LogP) is 3.68. The summed E-state index contributed by atoms with van der Waals surface area (Å²) in [6, 6.07) is 8.09. The minimum Gasteiger partial charge on any atom is -0.444 e. The molecule has 1 aromatic carbocycles. The van der Waals surface area contributed by atoms with E-state index in [1.54, 1.807) is 0 Å². The summed E-state index contributed by atoms with van der Waals surface area (Å²) < 4.78 is 6.32. The lowest BCUT2D eigenvalue weighted by atomic mass is 10.1. The fraction of sp³-hybridized carbons (Fsp3) is 0.474. The monoisotopic (exact) mass is 420 g/mol. The van der Waals surface area contributed by atoms with Gasteiger partial charge in [0.15, 0.2) is 0 Å². The van der Waals surface area contributed by atoms with E-state index < -0.39 is 5.60 Å². The number of ether oxygens (including phenoxy) is 1. The Kier molecular flexibility index (Phi) is 5.39. The molecule has 26 heavy (non-hydrogen) atoms. The smallest absolute Gasteiger partial charge is 0.407 e.